The van der Waals surface area contributed by atoms with Gasteiger partial charge in [0.15, 0.2) is 0 Å². The summed E-state index contributed by atoms with van der Waals surface area (Å²) in [6.45, 7) is 4.82. The van der Waals surface area contributed by atoms with E-state index in [1.165, 1.54) is 6.04 Å². The summed E-state index contributed by atoms with van der Waals surface area (Å²) in [5.74, 6) is 0. The van der Waals surface area contributed by atoms with E-state index in [1.54, 1.807) is 0 Å². The van der Waals surface area contributed by atoms with Crippen molar-refractivity contribution in [3.8, 4) is 0 Å². The van der Waals surface area contributed by atoms with Gasteiger partial charge in [-0.15, -0.1) is 22.2 Å². The molecule has 0 amide bonds. The highest BCUT2D eigenvalue weighted by Crippen LogP contribution is 2.22. The Balaban J connectivity index is 3.28. The van der Waals surface area contributed by atoms with Crippen molar-refractivity contribution < 1.29 is 0 Å². The molecule has 0 unspecified atom stereocenters. The fourth-order valence-electron chi connectivity index (χ4n) is 0.469. The van der Waals surface area contributed by atoms with Gasteiger partial charge in [0, 0.05) is 8.80 Å². The summed E-state index contributed by atoms with van der Waals surface area (Å²) < 4.78 is 0. The lowest BCUT2D eigenvalue weighted by atomic mass is 10.9. The highest BCUT2D eigenvalue weighted by molar-refractivity contribution is 7.45. The summed E-state index contributed by atoms with van der Waals surface area (Å²) in [5.41, 5.74) is 0. The van der Waals surface area contributed by atoms with Crippen LogP contribution < -0.4 is 0 Å². The van der Waals surface area contributed by atoms with Crippen molar-refractivity contribution >= 4 is 37.6 Å². The molecule has 0 bridgehead atoms. The quantitative estimate of drug-likeness (QED) is 0.484. The predicted octanol–water partition coefficient (Wildman–Crippen LogP) is 3.29. The van der Waals surface area contributed by atoms with E-state index in [1.807, 2.05) is 6.55 Å². The molecule has 0 spiro atoms. The molecule has 0 aliphatic rings. The fraction of sp³-hybridized carbons (Fsp3) is 1.00. The summed E-state index contributed by atoms with van der Waals surface area (Å²) in [7, 11) is -0.102. The SMILES string of the molecule is C[Si](C)CC[Si](C)(Cl)Cl. The van der Waals surface area contributed by atoms with E-state index in [4.69, 9.17) is 22.2 Å². The Kier molecular flexibility index (Phi) is 4.46. The maximum Gasteiger partial charge on any atom is 0.248 e. The minimum Gasteiger partial charge on any atom is -0.146 e. The molecule has 9 heavy (non-hydrogen) atoms. The Labute approximate surface area is 69.6 Å². The van der Waals surface area contributed by atoms with Crippen molar-refractivity contribution in [3.05, 3.63) is 0 Å². The first-order valence-corrected chi connectivity index (χ1v) is 10.5. The van der Waals surface area contributed by atoms with Gasteiger partial charge in [0.1, 0.15) is 0 Å². The van der Waals surface area contributed by atoms with Gasteiger partial charge in [-0.25, -0.2) is 0 Å². The van der Waals surface area contributed by atoms with Crippen LogP contribution in [0.4, 0.5) is 0 Å². The van der Waals surface area contributed by atoms with Gasteiger partial charge < -0.3 is 0 Å². The largest absolute Gasteiger partial charge is 0.248 e. The molecule has 0 nitrogen and oxygen atoms in total. The first-order chi connectivity index (χ1) is 3.92. The van der Waals surface area contributed by atoms with Gasteiger partial charge in [0.25, 0.3) is 0 Å². The van der Waals surface area contributed by atoms with Gasteiger partial charge in [-0.3, -0.25) is 0 Å². The van der Waals surface area contributed by atoms with Crippen molar-refractivity contribution in [2.75, 3.05) is 0 Å². The van der Waals surface area contributed by atoms with Crippen LogP contribution in [0.25, 0.3) is 0 Å². The van der Waals surface area contributed by atoms with Crippen LogP contribution >= 0.6 is 22.2 Å². The molecule has 0 aliphatic heterocycles. The molecule has 0 rings (SSSR count). The number of halogens is 2. The van der Waals surface area contributed by atoms with Crippen LogP contribution in [0.2, 0.25) is 31.7 Å². The predicted molar refractivity (Wildman–Crippen MR) is 50.4 cm³/mol. The molecule has 0 aromatic rings. The van der Waals surface area contributed by atoms with E-state index in [0.29, 0.717) is 0 Å². The Hall–Kier alpha value is 1.01. The molecule has 0 aromatic carbocycles. The maximum absolute atomic E-state index is 5.90. The third kappa shape index (κ3) is 9.01. The van der Waals surface area contributed by atoms with Crippen LogP contribution in [0, 0.1) is 0 Å². The maximum atomic E-state index is 5.90. The molecule has 0 atom stereocenters. The van der Waals surface area contributed by atoms with E-state index >= 15 is 0 Å². The third-order valence-electron chi connectivity index (χ3n) is 1.06. The average molecular weight is 200 g/mol. The fourth-order valence-corrected chi connectivity index (χ4v) is 5.93. The smallest absolute Gasteiger partial charge is 0.146 e. The van der Waals surface area contributed by atoms with Gasteiger partial charge in [0.05, 0.1) is 0 Å². The number of hydrogen-bond donors (Lipinski definition) is 0. The van der Waals surface area contributed by atoms with Gasteiger partial charge in [-0.2, -0.15) is 0 Å². The van der Waals surface area contributed by atoms with Crippen molar-refractivity contribution in [3.63, 3.8) is 0 Å². The second-order valence-electron chi connectivity index (χ2n) is 2.78. The normalized spacial score (nSPS) is 12.7. The minimum absolute atomic E-state index is 0.102. The Morgan fingerprint density at radius 1 is 1.33 bits per heavy atom. The lowest BCUT2D eigenvalue weighted by Gasteiger charge is -2.09. The lowest BCUT2D eigenvalue weighted by molar-refractivity contribution is 1.36. The van der Waals surface area contributed by atoms with Crippen LogP contribution in [0.3, 0.4) is 0 Å². The zero-order valence-corrected chi connectivity index (χ0v) is 9.68. The van der Waals surface area contributed by atoms with Gasteiger partial charge in [-0.1, -0.05) is 19.1 Å². The molecule has 0 aromatic heterocycles. The van der Waals surface area contributed by atoms with Crippen molar-refractivity contribution in [1.29, 1.82) is 0 Å². The first kappa shape index (κ1) is 10.0. The molecule has 0 N–H and O–H groups in total. The van der Waals surface area contributed by atoms with Crippen LogP contribution in [-0.2, 0) is 0 Å². The molecule has 4 heteroatoms. The Bertz CT molecular complexity index is 77.5. The molecular formula is C5H13Cl2Si2. The van der Waals surface area contributed by atoms with E-state index in [2.05, 4.69) is 13.1 Å². The van der Waals surface area contributed by atoms with Crippen molar-refractivity contribution in [2.24, 2.45) is 0 Å². The van der Waals surface area contributed by atoms with Gasteiger partial charge in [0.2, 0.25) is 6.69 Å². The first-order valence-electron chi connectivity index (χ1n) is 3.09. The summed E-state index contributed by atoms with van der Waals surface area (Å²) in [4.78, 5) is 0. The molecule has 0 fully saturated rings. The molecule has 1 radical (unpaired) electrons. The van der Waals surface area contributed by atoms with Crippen molar-refractivity contribution in [2.45, 2.75) is 31.7 Å². The highest BCUT2D eigenvalue weighted by Gasteiger charge is 2.20. The second kappa shape index (κ2) is 4.01. The van der Waals surface area contributed by atoms with Crippen molar-refractivity contribution in [1.82, 2.24) is 0 Å². The number of hydrogen-bond acceptors (Lipinski definition) is 0. The third-order valence-corrected chi connectivity index (χ3v) is 5.08. The van der Waals surface area contributed by atoms with Crippen LogP contribution in [0.5, 0.6) is 0 Å². The van der Waals surface area contributed by atoms with E-state index < -0.39 is 6.69 Å². The van der Waals surface area contributed by atoms with E-state index in [9.17, 15) is 0 Å². The van der Waals surface area contributed by atoms with Crippen LogP contribution in [0.15, 0.2) is 0 Å². The highest BCUT2D eigenvalue weighted by atomic mass is 35.7. The van der Waals surface area contributed by atoms with E-state index in [-0.39, 0.29) is 8.80 Å². The average Bonchev–Trinajstić information content (AvgIpc) is 1.59. The lowest BCUT2D eigenvalue weighted by Crippen LogP contribution is -2.14. The standard InChI is InChI=1S/C5H13Cl2Si2/c1-8(2)4-5-9(3,6)7/h4-5H2,1-3H3. The molecule has 0 heterocycles. The summed E-state index contributed by atoms with van der Waals surface area (Å²) in [5, 5.41) is 0. The minimum atomic E-state index is -1.75. The molecule has 55 valence electrons. The van der Waals surface area contributed by atoms with Gasteiger partial charge >= 0.3 is 0 Å². The van der Waals surface area contributed by atoms with Gasteiger partial charge in [-0.05, 0) is 12.6 Å². The second-order valence-corrected chi connectivity index (χ2v) is 13.9. The molecule has 0 saturated heterocycles. The monoisotopic (exact) mass is 199 g/mol. The Morgan fingerprint density at radius 2 is 1.78 bits per heavy atom. The number of rotatable bonds is 3. The molecule has 0 saturated carbocycles. The summed E-state index contributed by atoms with van der Waals surface area (Å²) >= 11 is 11.8. The molecule has 0 aliphatic carbocycles. The summed E-state index contributed by atoms with van der Waals surface area (Å²) in [6.07, 6.45) is 0. The Morgan fingerprint density at radius 3 is 1.89 bits per heavy atom. The van der Waals surface area contributed by atoms with E-state index in [0.717, 1.165) is 6.04 Å². The van der Waals surface area contributed by atoms with Crippen LogP contribution in [0.1, 0.15) is 0 Å². The van der Waals surface area contributed by atoms with Crippen LogP contribution in [-0.4, -0.2) is 15.5 Å². The summed E-state index contributed by atoms with van der Waals surface area (Å²) in [6, 6.07) is 2.33. The topological polar surface area (TPSA) is 0 Å². The zero-order valence-electron chi connectivity index (χ0n) is 6.17. The molecular weight excluding hydrogens is 187 g/mol. The zero-order chi connectivity index (χ0) is 7.49.